The van der Waals surface area contributed by atoms with Gasteiger partial charge in [-0.1, -0.05) is 42.1 Å². The Bertz CT molecular complexity index is 313. The average Bonchev–Trinajstić information content (AvgIpc) is 2.37. The van der Waals surface area contributed by atoms with Crippen LogP contribution < -0.4 is 5.32 Å². The van der Waals surface area contributed by atoms with Crippen molar-refractivity contribution < 1.29 is 0 Å². The molecule has 1 N–H and O–H groups in total. The fourth-order valence-corrected chi connectivity index (χ4v) is 2.86. The van der Waals surface area contributed by atoms with E-state index in [4.69, 9.17) is 0 Å². The first-order chi connectivity index (χ1) is 8.72. The Morgan fingerprint density at radius 2 is 1.94 bits per heavy atom. The van der Waals surface area contributed by atoms with Crippen LogP contribution in [0.1, 0.15) is 39.5 Å². The molecule has 1 unspecified atom stereocenters. The van der Waals surface area contributed by atoms with Crippen molar-refractivity contribution in [3.63, 3.8) is 0 Å². The molecule has 0 aliphatic carbocycles. The molecular weight excluding hydrogens is 306 g/mol. The zero-order valence-electron chi connectivity index (χ0n) is 11.4. The van der Waals surface area contributed by atoms with Gasteiger partial charge in [0.25, 0.3) is 0 Å². The Morgan fingerprint density at radius 1 is 1.22 bits per heavy atom. The van der Waals surface area contributed by atoms with Crippen molar-refractivity contribution in [2.24, 2.45) is 0 Å². The van der Waals surface area contributed by atoms with Gasteiger partial charge in [0.05, 0.1) is 0 Å². The highest BCUT2D eigenvalue weighted by Gasteiger charge is 2.00. The molecule has 0 aliphatic rings. The molecule has 0 saturated carbocycles. The zero-order valence-corrected chi connectivity index (χ0v) is 13.8. The summed E-state index contributed by atoms with van der Waals surface area (Å²) >= 11 is 5.37. The third kappa shape index (κ3) is 7.45. The van der Waals surface area contributed by atoms with E-state index in [1.54, 1.807) is 0 Å². The summed E-state index contributed by atoms with van der Waals surface area (Å²) in [5, 5.41) is 3.59. The van der Waals surface area contributed by atoms with Crippen LogP contribution in [0, 0.1) is 0 Å². The molecule has 1 atom stereocenters. The van der Waals surface area contributed by atoms with Crippen molar-refractivity contribution in [2.45, 2.75) is 50.5 Å². The van der Waals surface area contributed by atoms with Crippen molar-refractivity contribution in [3.05, 3.63) is 28.7 Å². The SMILES string of the molecule is CCCCCC(C)NCCSc1ccc(Br)cc1. The first kappa shape index (κ1) is 16.1. The largest absolute Gasteiger partial charge is 0.313 e. The number of unbranched alkanes of at least 4 members (excludes halogenated alkanes) is 2. The van der Waals surface area contributed by atoms with Crippen molar-refractivity contribution in [2.75, 3.05) is 12.3 Å². The number of hydrogen-bond acceptors (Lipinski definition) is 2. The van der Waals surface area contributed by atoms with E-state index in [9.17, 15) is 0 Å². The summed E-state index contributed by atoms with van der Waals surface area (Å²) in [6.07, 6.45) is 5.33. The van der Waals surface area contributed by atoms with Crippen molar-refractivity contribution in [3.8, 4) is 0 Å². The lowest BCUT2D eigenvalue weighted by molar-refractivity contribution is 0.502. The molecule has 0 bridgehead atoms. The highest BCUT2D eigenvalue weighted by molar-refractivity contribution is 9.10. The van der Waals surface area contributed by atoms with Crippen molar-refractivity contribution >= 4 is 27.7 Å². The second-order valence-corrected chi connectivity index (χ2v) is 6.74. The molecule has 18 heavy (non-hydrogen) atoms. The molecule has 1 aromatic carbocycles. The topological polar surface area (TPSA) is 12.0 Å². The van der Waals surface area contributed by atoms with E-state index in [-0.39, 0.29) is 0 Å². The fraction of sp³-hybridized carbons (Fsp3) is 0.600. The van der Waals surface area contributed by atoms with Gasteiger partial charge < -0.3 is 5.32 Å². The molecule has 1 aromatic rings. The number of halogens is 1. The maximum atomic E-state index is 3.59. The van der Waals surface area contributed by atoms with E-state index in [1.165, 1.54) is 30.6 Å². The average molecular weight is 330 g/mol. The number of hydrogen-bond donors (Lipinski definition) is 1. The maximum Gasteiger partial charge on any atom is 0.0176 e. The predicted molar refractivity (Wildman–Crippen MR) is 86.5 cm³/mol. The molecular formula is C15H24BrNS. The number of nitrogens with one attached hydrogen (secondary N) is 1. The molecule has 0 heterocycles. The molecule has 0 amide bonds. The highest BCUT2D eigenvalue weighted by Crippen LogP contribution is 2.20. The Labute approximate surface area is 124 Å². The van der Waals surface area contributed by atoms with Gasteiger partial charge in [-0.25, -0.2) is 0 Å². The lowest BCUT2D eigenvalue weighted by Crippen LogP contribution is -2.28. The van der Waals surface area contributed by atoms with Gasteiger partial charge in [0.2, 0.25) is 0 Å². The molecule has 0 radical (unpaired) electrons. The molecule has 0 aromatic heterocycles. The van der Waals surface area contributed by atoms with Gasteiger partial charge >= 0.3 is 0 Å². The number of benzene rings is 1. The van der Waals surface area contributed by atoms with Crippen LogP contribution in [0.5, 0.6) is 0 Å². The Hall–Kier alpha value is 0.01000. The normalized spacial score (nSPS) is 12.6. The predicted octanol–water partition coefficient (Wildman–Crippen LogP) is 5.10. The Balaban J connectivity index is 2.05. The molecule has 3 heteroatoms. The van der Waals surface area contributed by atoms with E-state index in [0.717, 1.165) is 16.8 Å². The third-order valence-corrected chi connectivity index (χ3v) is 4.46. The van der Waals surface area contributed by atoms with Gasteiger partial charge in [0.1, 0.15) is 0 Å². The minimum Gasteiger partial charge on any atom is -0.313 e. The van der Waals surface area contributed by atoms with E-state index >= 15 is 0 Å². The van der Waals surface area contributed by atoms with E-state index in [0.29, 0.717) is 6.04 Å². The molecule has 0 aliphatic heterocycles. The molecule has 0 spiro atoms. The second-order valence-electron chi connectivity index (χ2n) is 4.65. The van der Waals surface area contributed by atoms with Gasteiger partial charge in [-0.15, -0.1) is 11.8 Å². The number of rotatable bonds is 9. The summed E-state index contributed by atoms with van der Waals surface area (Å²) in [5.74, 6) is 1.14. The smallest absolute Gasteiger partial charge is 0.0176 e. The first-order valence-electron chi connectivity index (χ1n) is 6.84. The van der Waals surface area contributed by atoms with Crippen LogP contribution in [-0.4, -0.2) is 18.3 Å². The molecule has 0 fully saturated rings. The van der Waals surface area contributed by atoms with Crippen LogP contribution in [0.3, 0.4) is 0 Å². The van der Waals surface area contributed by atoms with Crippen LogP contribution in [0.2, 0.25) is 0 Å². The minimum absolute atomic E-state index is 0.655. The maximum absolute atomic E-state index is 3.59. The van der Waals surface area contributed by atoms with Crippen LogP contribution >= 0.6 is 27.7 Å². The molecule has 102 valence electrons. The van der Waals surface area contributed by atoms with E-state index in [1.807, 2.05) is 11.8 Å². The highest BCUT2D eigenvalue weighted by atomic mass is 79.9. The Kier molecular flexibility index (Phi) is 8.82. The standard InChI is InChI=1S/C15H24BrNS/c1-3-4-5-6-13(2)17-11-12-18-15-9-7-14(16)8-10-15/h7-10,13,17H,3-6,11-12H2,1-2H3. The number of thioether (sulfide) groups is 1. The quantitative estimate of drug-likeness (QED) is 0.499. The fourth-order valence-electron chi connectivity index (χ4n) is 1.81. The lowest BCUT2D eigenvalue weighted by atomic mass is 10.1. The minimum atomic E-state index is 0.655. The van der Waals surface area contributed by atoms with Gasteiger partial charge in [0, 0.05) is 27.7 Å². The summed E-state index contributed by atoms with van der Waals surface area (Å²) < 4.78 is 1.15. The first-order valence-corrected chi connectivity index (χ1v) is 8.62. The van der Waals surface area contributed by atoms with Crippen molar-refractivity contribution in [1.29, 1.82) is 0 Å². The van der Waals surface area contributed by atoms with E-state index < -0.39 is 0 Å². The molecule has 0 saturated heterocycles. The molecule has 1 rings (SSSR count). The van der Waals surface area contributed by atoms with Gasteiger partial charge in [0.15, 0.2) is 0 Å². The van der Waals surface area contributed by atoms with Crippen LogP contribution in [0.15, 0.2) is 33.6 Å². The van der Waals surface area contributed by atoms with Crippen molar-refractivity contribution in [1.82, 2.24) is 5.32 Å². The summed E-state index contributed by atoms with van der Waals surface area (Å²) in [4.78, 5) is 1.35. The monoisotopic (exact) mass is 329 g/mol. The Morgan fingerprint density at radius 3 is 2.61 bits per heavy atom. The zero-order chi connectivity index (χ0) is 13.2. The second kappa shape index (κ2) is 9.88. The summed E-state index contributed by atoms with van der Waals surface area (Å²) in [5.41, 5.74) is 0. The third-order valence-electron chi connectivity index (χ3n) is 2.92. The lowest BCUT2D eigenvalue weighted by Gasteiger charge is -2.13. The summed E-state index contributed by atoms with van der Waals surface area (Å²) in [6.45, 7) is 5.64. The van der Waals surface area contributed by atoms with Gasteiger partial charge in [-0.2, -0.15) is 0 Å². The van der Waals surface area contributed by atoms with Crippen LogP contribution in [-0.2, 0) is 0 Å². The van der Waals surface area contributed by atoms with E-state index in [2.05, 4.69) is 59.4 Å². The van der Waals surface area contributed by atoms with Crippen LogP contribution in [0.4, 0.5) is 0 Å². The summed E-state index contributed by atoms with van der Waals surface area (Å²) in [7, 11) is 0. The summed E-state index contributed by atoms with van der Waals surface area (Å²) in [6, 6.07) is 9.19. The van der Waals surface area contributed by atoms with Gasteiger partial charge in [-0.05, 0) is 37.6 Å². The molecule has 1 nitrogen and oxygen atoms in total. The van der Waals surface area contributed by atoms with Gasteiger partial charge in [-0.3, -0.25) is 0 Å². The van der Waals surface area contributed by atoms with Crippen LogP contribution in [0.25, 0.3) is 0 Å².